The number of aryl methyl sites for hydroxylation is 1. The number of nitrogens with zero attached hydrogens (tertiary/aromatic N) is 3. The molecule has 3 rings (SSSR count). The molecule has 3 aromatic rings. The number of anilines is 2. The molecule has 1 aromatic carbocycles. The number of hydrogen-bond donors (Lipinski definition) is 1. The van der Waals surface area contributed by atoms with Crippen LogP contribution in [0.25, 0.3) is 5.65 Å². The molecule has 6 nitrogen and oxygen atoms in total. The van der Waals surface area contributed by atoms with Crippen LogP contribution in [0.5, 0.6) is 5.75 Å². The Kier molecular flexibility index (Phi) is 4.61. The minimum absolute atomic E-state index is 0.185. The first kappa shape index (κ1) is 16.8. The number of benzene rings is 1. The van der Waals surface area contributed by atoms with E-state index in [1.54, 1.807) is 11.5 Å². The van der Waals surface area contributed by atoms with Crippen LogP contribution >= 0.6 is 0 Å². The molecule has 0 aliphatic rings. The second-order valence-corrected chi connectivity index (χ2v) is 5.93. The van der Waals surface area contributed by atoms with Gasteiger partial charge in [0, 0.05) is 31.7 Å². The van der Waals surface area contributed by atoms with Crippen molar-refractivity contribution in [3.63, 3.8) is 0 Å². The molecule has 1 N–H and O–H groups in total. The lowest BCUT2D eigenvalue weighted by molar-refractivity contribution is 0.102. The normalized spacial score (nSPS) is 10.7. The number of fused-ring (bicyclic) bond motifs is 1. The molecular weight excluding hydrogens is 316 g/mol. The summed E-state index contributed by atoms with van der Waals surface area (Å²) in [7, 11) is 5.56. The van der Waals surface area contributed by atoms with E-state index in [2.05, 4.69) is 10.3 Å². The zero-order valence-electron chi connectivity index (χ0n) is 14.9. The van der Waals surface area contributed by atoms with Crippen molar-refractivity contribution < 1.29 is 9.53 Å². The van der Waals surface area contributed by atoms with Crippen molar-refractivity contribution in [2.75, 3.05) is 31.4 Å². The van der Waals surface area contributed by atoms with Crippen molar-refractivity contribution in [1.82, 2.24) is 9.38 Å². The Hall–Kier alpha value is -3.02. The quantitative estimate of drug-likeness (QED) is 0.776. The maximum atomic E-state index is 12.9. The van der Waals surface area contributed by atoms with Crippen LogP contribution in [0.4, 0.5) is 11.4 Å². The van der Waals surface area contributed by atoms with E-state index >= 15 is 0 Å². The summed E-state index contributed by atoms with van der Waals surface area (Å²) in [6, 6.07) is 11.4. The molecule has 0 radical (unpaired) electrons. The van der Waals surface area contributed by atoms with Gasteiger partial charge in [0.2, 0.25) is 0 Å². The first-order valence-corrected chi connectivity index (χ1v) is 8.17. The van der Waals surface area contributed by atoms with Gasteiger partial charge in [-0.25, -0.2) is 4.98 Å². The van der Waals surface area contributed by atoms with Gasteiger partial charge in [0.1, 0.15) is 5.69 Å². The number of methoxy groups -OCH3 is 1. The fourth-order valence-corrected chi connectivity index (χ4v) is 2.77. The molecule has 0 bridgehead atoms. The van der Waals surface area contributed by atoms with E-state index < -0.39 is 0 Å². The lowest BCUT2D eigenvalue weighted by Crippen LogP contribution is -2.16. The highest BCUT2D eigenvalue weighted by Gasteiger charge is 2.20. The number of imidazole rings is 1. The van der Waals surface area contributed by atoms with E-state index in [9.17, 15) is 4.79 Å². The molecule has 0 unspecified atom stereocenters. The Morgan fingerprint density at radius 1 is 1.24 bits per heavy atom. The molecule has 0 aliphatic carbocycles. The van der Waals surface area contributed by atoms with E-state index in [4.69, 9.17) is 4.74 Å². The van der Waals surface area contributed by atoms with Crippen molar-refractivity contribution in [1.29, 1.82) is 0 Å². The van der Waals surface area contributed by atoms with Gasteiger partial charge in [-0.2, -0.15) is 0 Å². The average molecular weight is 338 g/mol. The first-order valence-electron chi connectivity index (χ1n) is 8.17. The standard InChI is InChI=1S/C19H22N4O2/c1-5-15-17(23-12-6-7-16(25-4)18(23)21-15)19(24)20-13-8-10-14(11-9-13)22(2)3/h6-12H,5H2,1-4H3,(H,20,24). The third kappa shape index (κ3) is 3.15. The number of rotatable bonds is 5. The molecule has 2 heterocycles. The molecule has 130 valence electrons. The number of nitrogens with one attached hydrogen (secondary N) is 1. The monoisotopic (exact) mass is 338 g/mol. The van der Waals surface area contributed by atoms with Gasteiger partial charge in [-0.15, -0.1) is 0 Å². The van der Waals surface area contributed by atoms with Gasteiger partial charge in [0.05, 0.1) is 12.8 Å². The lowest BCUT2D eigenvalue weighted by Gasteiger charge is -2.13. The summed E-state index contributed by atoms with van der Waals surface area (Å²) >= 11 is 0. The van der Waals surface area contributed by atoms with Crippen LogP contribution in [-0.2, 0) is 6.42 Å². The van der Waals surface area contributed by atoms with Gasteiger partial charge in [-0.1, -0.05) is 6.92 Å². The summed E-state index contributed by atoms with van der Waals surface area (Å²) < 4.78 is 7.13. The minimum atomic E-state index is -0.185. The SMILES string of the molecule is CCc1nc2c(OC)cccn2c1C(=O)Nc1ccc(N(C)C)cc1. The maximum Gasteiger partial charge on any atom is 0.274 e. The molecule has 2 aromatic heterocycles. The van der Waals surface area contributed by atoms with Gasteiger partial charge >= 0.3 is 0 Å². The third-order valence-corrected chi connectivity index (χ3v) is 4.10. The van der Waals surface area contributed by atoms with Gasteiger partial charge in [0.15, 0.2) is 11.4 Å². The maximum absolute atomic E-state index is 12.9. The van der Waals surface area contributed by atoms with Crippen molar-refractivity contribution in [3.8, 4) is 5.75 Å². The molecule has 1 amide bonds. The highest BCUT2D eigenvalue weighted by atomic mass is 16.5. The highest BCUT2D eigenvalue weighted by molar-refractivity contribution is 6.04. The molecular formula is C19H22N4O2. The fourth-order valence-electron chi connectivity index (χ4n) is 2.77. The Bertz CT molecular complexity index is 898. The van der Waals surface area contributed by atoms with Crippen LogP contribution in [0, 0.1) is 0 Å². The average Bonchev–Trinajstić information content (AvgIpc) is 3.00. The van der Waals surface area contributed by atoms with Crippen molar-refractivity contribution in [2.45, 2.75) is 13.3 Å². The lowest BCUT2D eigenvalue weighted by atomic mass is 10.2. The largest absolute Gasteiger partial charge is 0.493 e. The molecule has 0 spiro atoms. The molecule has 0 saturated carbocycles. The summed E-state index contributed by atoms with van der Waals surface area (Å²) in [6.45, 7) is 1.98. The van der Waals surface area contributed by atoms with E-state index in [1.165, 1.54) is 0 Å². The topological polar surface area (TPSA) is 58.9 Å². The number of amides is 1. The van der Waals surface area contributed by atoms with Gasteiger partial charge in [-0.05, 0) is 42.8 Å². The third-order valence-electron chi connectivity index (χ3n) is 4.10. The van der Waals surface area contributed by atoms with Gasteiger partial charge in [-0.3, -0.25) is 9.20 Å². The minimum Gasteiger partial charge on any atom is -0.493 e. The highest BCUT2D eigenvalue weighted by Crippen LogP contribution is 2.23. The van der Waals surface area contributed by atoms with Crippen LogP contribution in [0.3, 0.4) is 0 Å². The van der Waals surface area contributed by atoms with E-state index in [1.807, 2.05) is 68.5 Å². The zero-order valence-corrected chi connectivity index (χ0v) is 14.9. The van der Waals surface area contributed by atoms with Gasteiger partial charge < -0.3 is 15.0 Å². The predicted octanol–water partition coefficient (Wildman–Crippen LogP) is 3.22. The zero-order chi connectivity index (χ0) is 18.0. The molecule has 0 saturated heterocycles. The van der Waals surface area contributed by atoms with E-state index in [-0.39, 0.29) is 5.91 Å². The molecule has 25 heavy (non-hydrogen) atoms. The van der Waals surface area contributed by atoms with Crippen LogP contribution in [-0.4, -0.2) is 36.5 Å². The number of ether oxygens (including phenoxy) is 1. The van der Waals surface area contributed by atoms with Gasteiger partial charge in [0.25, 0.3) is 5.91 Å². The van der Waals surface area contributed by atoms with Crippen LogP contribution in [0.2, 0.25) is 0 Å². The van der Waals surface area contributed by atoms with E-state index in [0.717, 1.165) is 17.1 Å². The number of aromatic nitrogens is 2. The van der Waals surface area contributed by atoms with Crippen LogP contribution in [0.15, 0.2) is 42.6 Å². The van der Waals surface area contributed by atoms with Crippen molar-refractivity contribution >= 4 is 22.9 Å². The number of pyridine rings is 1. The molecule has 0 atom stereocenters. The first-order chi connectivity index (χ1) is 12.0. The summed E-state index contributed by atoms with van der Waals surface area (Å²) in [4.78, 5) is 19.4. The fraction of sp³-hybridized carbons (Fsp3) is 0.263. The molecule has 6 heteroatoms. The Labute approximate surface area is 147 Å². The molecule has 0 fully saturated rings. The summed E-state index contributed by atoms with van der Waals surface area (Å²) in [5.74, 6) is 0.460. The summed E-state index contributed by atoms with van der Waals surface area (Å²) in [5.41, 5.74) is 3.75. The van der Waals surface area contributed by atoms with E-state index in [0.29, 0.717) is 23.5 Å². The predicted molar refractivity (Wildman–Crippen MR) is 99.8 cm³/mol. The van der Waals surface area contributed by atoms with Crippen LogP contribution < -0.4 is 15.0 Å². The van der Waals surface area contributed by atoms with Crippen molar-refractivity contribution in [3.05, 3.63) is 54.0 Å². The Morgan fingerprint density at radius 2 is 1.96 bits per heavy atom. The second-order valence-electron chi connectivity index (χ2n) is 5.93. The number of hydrogen-bond acceptors (Lipinski definition) is 4. The Balaban J connectivity index is 1.96. The van der Waals surface area contributed by atoms with Crippen molar-refractivity contribution in [2.24, 2.45) is 0 Å². The smallest absolute Gasteiger partial charge is 0.274 e. The second kappa shape index (κ2) is 6.84. The number of carbonyl (C=O) groups is 1. The molecule has 0 aliphatic heterocycles. The van der Waals surface area contributed by atoms with Crippen LogP contribution in [0.1, 0.15) is 23.1 Å². The summed E-state index contributed by atoms with van der Waals surface area (Å²) in [6.07, 6.45) is 2.49. The Morgan fingerprint density at radius 3 is 2.56 bits per heavy atom. The summed E-state index contributed by atoms with van der Waals surface area (Å²) in [5, 5.41) is 2.96. The number of carbonyl (C=O) groups excluding carboxylic acids is 1.